The van der Waals surface area contributed by atoms with Crippen LogP contribution in [0.25, 0.3) is 45.6 Å². The van der Waals surface area contributed by atoms with Gasteiger partial charge in [-0.2, -0.15) is 0 Å². The SMILES string of the molecule is c1c[nH]c(-c2ccc(-c3cnc(-c4ccc(-c5ncc[nH]5)cc4)o3)cc2)n1. The molecule has 0 aliphatic carbocycles. The fourth-order valence-electron chi connectivity index (χ4n) is 2.95. The van der Waals surface area contributed by atoms with E-state index in [0.29, 0.717) is 5.89 Å². The number of aromatic amines is 2. The Hall–Kier alpha value is -3.93. The molecule has 5 aromatic rings. The van der Waals surface area contributed by atoms with Gasteiger partial charge in [0.05, 0.1) is 6.20 Å². The Morgan fingerprint density at radius 3 is 1.63 bits per heavy atom. The zero-order valence-corrected chi connectivity index (χ0v) is 14.3. The topological polar surface area (TPSA) is 83.4 Å². The summed E-state index contributed by atoms with van der Waals surface area (Å²) in [7, 11) is 0. The van der Waals surface area contributed by atoms with Gasteiger partial charge >= 0.3 is 0 Å². The number of benzene rings is 2. The second kappa shape index (κ2) is 6.42. The first-order valence-corrected chi connectivity index (χ1v) is 8.53. The summed E-state index contributed by atoms with van der Waals surface area (Å²) in [4.78, 5) is 19.1. The van der Waals surface area contributed by atoms with E-state index in [4.69, 9.17) is 4.42 Å². The molecule has 0 spiro atoms. The van der Waals surface area contributed by atoms with Gasteiger partial charge in [0.1, 0.15) is 11.6 Å². The van der Waals surface area contributed by atoms with Crippen molar-refractivity contribution >= 4 is 0 Å². The van der Waals surface area contributed by atoms with Crippen LogP contribution in [0.2, 0.25) is 0 Å². The van der Waals surface area contributed by atoms with E-state index in [1.807, 2.05) is 54.7 Å². The van der Waals surface area contributed by atoms with Crippen molar-refractivity contribution in [3.8, 4) is 45.6 Å². The molecular weight excluding hydrogens is 338 g/mol. The van der Waals surface area contributed by atoms with E-state index in [1.54, 1.807) is 24.8 Å². The molecule has 0 saturated carbocycles. The Balaban J connectivity index is 1.39. The van der Waals surface area contributed by atoms with Crippen molar-refractivity contribution in [2.24, 2.45) is 0 Å². The molecular formula is C21H15N5O. The van der Waals surface area contributed by atoms with Crippen LogP contribution >= 0.6 is 0 Å². The average Bonchev–Trinajstić information content (AvgIpc) is 3.51. The highest BCUT2D eigenvalue weighted by molar-refractivity contribution is 5.67. The third-order valence-corrected chi connectivity index (χ3v) is 4.35. The van der Waals surface area contributed by atoms with E-state index in [1.165, 1.54) is 0 Å². The number of imidazole rings is 2. The van der Waals surface area contributed by atoms with E-state index in [2.05, 4.69) is 24.9 Å². The first-order chi connectivity index (χ1) is 13.4. The fourth-order valence-corrected chi connectivity index (χ4v) is 2.95. The van der Waals surface area contributed by atoms with Crippen LogP contribution in [0.5, 0.6) is 0 Å². The van der Waals surface area contributed by atoms with Gasteiger partial charge in [0.2, 0.25) is 5.89 Å². The molecule has 0 aliphatic rings. The summed E-state index contributed by atoms with van der Waals surface area (Å²) in [5.41, 5.74) is 3.93. The highest BCUT2D eigenvalue weighted by atomic mass is 16.4. The quantitative estimate of drug-likeness (QED) is 0.487. The van der Waals surface area contributed by atoms with Crippen molar-refractivity contribution in [1.29, 1.82) is 0 Å². The minimum Gasteiger partial charge on any atom is -0.436 e. The van der Waals surface area contributed by atoms with E-state index in [9.17, 15) is 0 Å². The Bertz CT molecular complexity index is 1050. The third kappa shape index (κ3) is 2.93. The number of aromatic nitrogens is 5. The third-order valence-electron chi connectivity index (χ3n) is 4.35. The number of oxazole rings is 1. The first kappa shape index (κ1) is 15.3. The molecule has 0 fully saturated rings. The molecule has 0 bridgehead atoms. The van der Waals surface area contributed by atoms with E-state index >= 15 is 0 Å². The molecule has 2 aromatic carbocycles. The standard InChI is InChI=1S/C21H15N5O/c1-3-15(19-22-9-10-23-19)4-2-14(1)18-13-26-21(27-18)17-7-5-16(6-8-17)20-24-11-12-25-20/h1-13H,(H,22,23)(H,24,25). The number of hydrogen-bond donors (Lipinski definition) is 2. The molecule has 0 radical (unpaired) electrons. The Morgan fingerprint density at radius 1 is 0.593 bits per heavy atom. The monoisotopic (exact) mass is 353 g/mol. The zero-order chi connectivity index (χ0) is 18.1. The summed E-state index contributed by atoms with van der Waals surface area (Å²) < 4.78 is 5.96. The van der Waals surface area contributed by atoms with Crippen LogP contribution in [0.1, 0.15) is 0 Å². The van der Waals surface area contributed by atoms with Crippen LogP contribution < -0.4 is 0 Å². The van der Waals surface area contributed by atoms with Gasteiger partial charge in [-0.25, -0.2) is 15.0 Å². The summed E-state index contributed by atoms with van der Waals surface area (Å²) >= 11 is 0. The Kier molecular flexibility index (Phi) is 3.65. The van der Waals surface area contributed by atoms with Crippen LogP contribution in [0.3, 0.4) is 0 Å². The molecule has 6 heteroatoms. The lowest BCUT2D eigenvalue weighted by Gasteiger charge is -2.00. The summed E-state index contributed by atoms with van der Waals surface area (Å²) in [6, 6.07) is 16.0. The molecule has 2 N–H and O–H groups in total. The lowest BCUT2D eigenvalue weighted by Crippen LogP contribution is -1.82. The maximum absolute atomic E-state index is 5.96. The molecule has 27 heavy (non-hydrogen) atoms. The number of nitrogens with zero attached hydrogens (tertiary/aromatic N) is 3. The molecule has 0 amide bonds. The Labute approximate surface area is 155 Å². The van der Waals surface area contributed by atoms with E-state index in [0.717, 1.165) is 39.7 Å². The summed E-state index contributed by atoms with van der Waals surface area (Å²) in [6.07, 6.45) is 8.84. The molecule has 3 heterocycles. The highest BCUT2D eigenvalue weighted by Gasteiger charge is 2.10. The van der Waals surface area contributed by atoms with Crippen LogP contribution in [0.15, 0.2) is 83.9 Å². The summed E-state index contributed by atoms with van der Waals surface area (Å²) in [5.74, 6) is 3.00. The number of H-pyrrole nitrogens is 2. The van der Waals surface area contributed by atoms with Crippen molar-refractivity contribution in [3.05, 3.63) is 79.5 Å². The summed E-state index contributed by atoms with van der Waals surface area (Å²) in [5, 5.41) is 0. The van der Waals surface area contributed by atoms with E-state index < -0.39 is 0 Å². The van der Waals surface area contributed by atoms with Gasteiger partial charge in [-0.3, -0.25) is 0 Å². The molecule has 130 valence electrons. The fraction of sp³-hybridized carbons (Fsp3) is 0. The van der Waals surface area contributed by atoms with Crippen molar-refractivity contribution in [2.75, 3.05) is 0 Å². The number of rotatable bonds is 4. The van der Waals surface area contributed by atoms with Gasteiger partial charge in [0, 0.05) is 47.0 Å². The zero-order valence-electron chi connectivity index (χ0n) is 14.3. The van der Waals surface area contributed by atoms with Gasteiger partial charge in [0.25, 0.3) is 0 Å². The minimum atomic E-state index is 0.589. The maximum atomic E-state index is 5.96. The molecule has 3 aromatic heterocycles. The lowest BCUT2D eigenvalue weighted by molar-refractivity contribution is 0.589. The number of nitrogens with one attached hydrogen (secondary N) is 2. The van der Waals surface area contributed by atoms with Crippen LogP contribution in [-0.2, 0) is 0 Å². The van der Waals surface area contributed by atoms with Gasteiger partial charge in [-0.05, 0) is 12.1 Å². The Morgan fingerprint density at radius 2 is 1.11 bits per heavy atom. The largest absolute Gasteiger partial charge is 0.436 e. The van der Waals surface area contributed by atoms with E-state index in [-0.39, 0.29) is 0 Å². The second-order valence-corrected chi connectivity index (χ2v) is 6.06. The van der Waals surface area contributed by atoms with Gasteiger partial charge < -0.3 is 14.4 Å². The van der Waals surface area contributed by atoms with Crippen molar-refractivity contribution in [1.82, 2.24) is 24.9 Å². The van der Waals surface area contributed by atoms with Crippen LogP contribution in [-0.4, -0.2) is 24.9 Å². The van der Waals surface area contributed by atoms with Crippen molar-refractivity contribution in [3.63, 3.8) is 0 Å². The predicted octanol–water partition coefficient (Wildman–Crippen LogP) is 4.79. The molecule has 0 aliphatic heterocycles. The number of hydrogen-bond acceptors (Lipinski definition) is 4. The van der Waals surface area contributed by atoms with Gasteiger partial charge in [-0.1, -0.05) is 36.4 Å². The minimum absolute atomic E-state index is 0.589. The van der Waals surface area contributed by atoms with Crippen molar-refractivity contribution in [2.45, 2.75) is 0 Å². The second-order valence-electron chi connectivity index (χ2n) is 6.06. The van der Waals surface area contributed by atoms with Crippen LogP contribution in [0, 0.1) is 0 Å². The van der Waals surface area contributed by atoms with Gasteiger partial charge in [-0.15, -0.1) is 0 Å². The normalized spacial score (nSPS) is 11.0. The summed E-state index contributed by atoms with van der Waals surface area (Å²) in [6.45, 7) is 0. The molecule has 0 saturated heterocycles. The molecule has 5 rings (SSSR count). The predicted molar refractivity (Wildman–Crippen MR) is 103 cm³/mol. The first-order valence-electron chi connectivity index (χ1n) is 8.53. The molecule has 0 atom stereocenters. The average molecular weight is 353 g/mol. The molecule has 0 unspecified atom stereocenters. The maximum Gasteiger partial charge on any atom is 0.226 e. The molecule has 6 nitrogen and oxygen atoms in total. The lowest BCUT2D eigenvalue weighted by atomic mass is 10.1. The van der Waals surface area contributed by atoms with Crippen molar-refractivity contribution < 1.29 is 4.42 Å². The smallest absolute Gasteiger partial charge is 0.226 e. The van der Waals surface area contributed by atoms with Gasteiger partial charge in [0.15, 0.2) is 5.76 Å². The highest BCUT2D eigenvalue weighted by Crippen LogP contribution is 2.28. The van der Waals surface area contributed by atoms with Crippen LogP contribution in [0.4, 0.5) is 0 Å².